The number of nitrogens with zero attached hydrogens (tertiary/aromatic N) is 7. The molecule has 12 nitrogen and oxygen atoms in total. The van der Waals surface area contributed by atoms with Crippen LogP contribution in [0, 0.1) is 10.1 Å². The van der Waals surface area contributed by atoms with Gasteiger partial charge in [0.25, 0.3) is 23.4 Å². The summed E-state index contributed by atoms with van der Waals surface area (Å²) in [6.07, 6.45) is 0.385. The minimum atomic E-state index is -1.05. The number of halogens is 1. The highest BCUT2D eigenvalue weighted by Gasteiger charge is 2.55. The van der Waals surface area contributed by atoms with Crippen molar-refractivity contribution < 1.29 is 19.3 Å². The Bertz CT molecular complexity index is 1580. The van der Waals surface area contributed by atoms with E-state index in [0.29, 0.717) is 23.4 Å². The van der Waals surface area contributed by atoms with E-state index in [1.165, 1.54) is 22.2 Å². The second kappa shape index (κ2) is 10.1. The number of benzene rings is 3. The van der Waals surface area contributed by atoms with E-state index in [1.807, 2.05) is 30.3 Å². The number of hydrogen-bond acceptors (Lipinski definition) is 9. The number of anilines is 1. The first-order valence-electron chi connectivity index (χ1n) is 12.3. The van der Waals surface area contributed by atoms with Crippen molar-refractivity contribution in [3.05, 3.63) is 105 Å². The van der Waals surface area contributed by atoms with E-state index in [4.69, 9.17) is 0 Å². The van der Waals surface area contributed by atoms with E-state index in [1.54, 1.807) is 36.4 Å². The Morgan fingerprint density at radius 1 is 0.975 bits per heavy atom. The second-order valence-corrected chi connectivity index (χ2v) is 10.3. The van der Waals surface area contributed by atoms with Gasteiger partial charge < -0.3 is 0 Å². The van der Waals surface area contributed by atoms with Crippen LogP contribution in [-0.4, -0.2) is 57.0 Å². The molecule has 0 aliphatic carbocycles. The van der Waals surface area contributed by atoms with E-state index < -0.39 is 40.8 Å². The van der Waals surface area contributed by atoms with Gasteiger partial charge in [-0.1, -0.05) is 63.6 Å². The van der Waals surface area contributed by atoms with Crippen molar-refractivity contribution in [1.82, 2.24) is 10.0 Å². The summed E-state index contributed by atoms with van der Waals surface area (Å²) in [7, 11) is 0. The van der Waals surface area contributed by atoms with Crippen LogP contribution in [0.1, 0.15) is 23.6 Å². The van der Waals surface area contributed by atoms with Crippen LogP contribution in [0.15, 0.2) is 98.8 Å². The Balaban J connectivity index is 1.26. The Kier molecular flexibility index (Phi) is 6.42. The molecular weight excluding hydrogens is 582 g/mol. The zero-order valence-electron chi connectivity index (χ0n) is 20.7. The topological polar surface area (TPSA) is 141 Å². The lowest BCUT2D eigenvalue weighted by Crippen LogP contribution is -2.44. The fourth-order valence-electron chi connectivity index (χ4n) is 5.03. The molecule has 0 unspecified atom stereocenters. The molecule has 3 amide bonds. The van der Waals surface area contributed by atoms with Crippen LogP contribution in [0.4, 0.5) is 11.4 Å². The van der Waals surface area contributed by atoms with Crippen molar-refractivity contribution in [2.24, 2.45) is 15.4 Å². The SMILES string of the molecule is O=C1[C@@H]2[C@@H](N=NN2CC(=O)N2N=C(c3ccccc3)C[C@H]2c2ccc([N+](=O)[O-])cc2)C(=O)N1c1ccc(Br)cc1. The Hall–Kier alpha value is -4.78. The molecule has 1 fully saturated rings. The molecule has 1 saturated heterocycles. The van der Waals surface area contributed by atoms with Crippen LogP contribution in [-0.2, 0) is 14.4 Å². The average Bonchev–Trinajstić information content (AvgIpc) is 3.65. The van der Waals surface area contributed by atoms with Gasteiger partial charge in [-0.05, 0) is 35.4 Å². The molecule has 3 aliphatic rings. The van der Waals surface area contributed by atoms with E-state index >= 15 is 0 Å². The molecule has 3 aliphatic heterocycles. The first-order valence-corrected chi connectivity index (χ1v) is 13.1. The summed E-state index contributed by atoms with van der Waals surface area (Å²) < 4.78 is 0.797. The third-order valence-electron chi connectivity index (χ3n) is 7.00. The van der Waals surface area contributed by atoms with Gasteiger partial charge >= 0.3 is 0 Å². The number of nitro benzene ring substituents is 1. The van der Waals surface area contributed by atoms with Crippen molar-refractivity contribution in [1.29, 1.82) is 0 Å². The number of non-ortho nitro benzene ring substituents is 1. The molecule has 3 aromatic rings. The van der Waals surface area contributed by atoms with Crippen molar-refractivity contribution in [3.63, 3.8) is 0 Å². The summed E-state index contributed by atoms with van der Waals surface area (Å²) in [5, 5.41) is 26.3. The Morgan fingerprint density at radius 3 is 2.35 bits per heavy atom. The van der Waals surface area contributed by atoms with Gasteiger partial charge in [-0.2, -0.15) is 10.2 Å². The minimum absolute atomic E-state index is 0.0629. The normalized spacial score (nSPS) is 21.7. The molecule has 3 heterocycles. The molecule has 3 aromatic carbocycles. The van der Waals surface area contributed by atoms with Crippen molar-refractivity contribution in [3.8, 4) is 0 Å². The quantitative estimate of drug-likeness (QED) is 0.237. The number of amides is 3. The van der Waals surface area contributed by atoms with Gasteiger partial charge in [-0.3, -0.25) is 29.5 Å². The number of nitro groups is 1. The number of hydrazone groups is 1. The van der Waals surface area contributed by atoms with Gasteiger partial charge in [-0.25, -0.2) is 9.91 Å². The fourth-order valence-corrected chi connectivity index (χ4v) is 5.30. The maximum Gasteiger partial charge on any atom is 0.269 e. The lowest BCUT2D eigenvalue weighted by molar-refractivity contribution is -0.384. The van der Waals surface area contributed by atoms with E-state index in [9.17, 15) is 24.5 Å². The zero-order valence-corrected chi connectivity index (χ0v) is 22.3. The zero-order chi connectivity index (χ0) is 28.0. The highest BCUT2D eigenvalue weighted by Crippen LogP contribution is 2.36. The summed E-state index contributed by atoms with van der Waals surface area (Å²) >= 11 is 3.34. The molecule has 0 N–H and O–H groups in total. The number of hydrogen-bond donors (Lipinski definition) is 0. The molecule has 200 valence electrons. The van der Waals surface area contributed by atoms with Gasteiger partial charge in [0.1, 0.15) is 6.54 Å². The van der Waals surface area contributed by atoms with Crippen LogP contribution in [0.2, 0.25) is 0 Å². The number of rotatable bonds is 6. The first kappa shape index (κ1) is 25.5. The van der Waals surface area contributed by atoms with Crippen molar-refractivity contribution in [2.45, 2.75) is 24.5 Å². The number of fused-ring (bicyclic) bond motifs is 1. The Morgan fingerprint density at radius 2 is 1.68 bits per heavy atom. The Labute approximate surface area is 235 Å². The molecule has 13 heteroatoms. The third kappa shape index (κ3) is 4.43. The number of imide groups is 1. The first-order chi connectivity index (χ1) is 19.3. The molecular formula is C27H20BrN7O5. The molecule has 0 spiro atoms. The lowest BCUT2D eigenvalue weighted by Gasteiger charge is -2.25. The highest BCUT2D eigenvalue weighted by atomic mass is 79.9. The monoisotopic (exact) mass is 601 g/mol. The number of carbonyl (C=O) groups excluding carboxylic acids is 3. The molecule has 3 atom stereocenters. The fraction of sp³-hybridized carbons (Fsp3) is 0.185. The predicted octanol–water partition coefficient (Wildman–Crippen LogP) is 4.03. The summed E-state index contributed by atoms with van der Waals surface area (Å²) in [5.41, 5.74) is 2.53. The van der Waals surface area contributed by atoms with Crippen LogP contribution in [0.3, 0.4) is 0 Å². The highest BCUT2D eigenvalue weighted by molar-refractivity contribution is 9.10. The van der Waals surface area contributed by atoms with Crippen LogP contribution >= 0.6 is 15.9 Å². The number of carbonyl (C=O) groups is 3. The summed E-state index contributed by atoms with van der Waals surface area (Å²) in [4.78, 5) is 51.7. The van der Waals surface area contributed by atoms with Gasteiger partial charge in [0.2, 0.25) is 0 Å². The minimum Gasteiger partial charge on any atom is -0.271 e. The maximum absolute atomic E-state index is 13.7. The van der Waals surface area contributed by atoms with E-state index in [-0.39, 0.29) is 12.2 Å². The van der Waals surface area contributed by atoms with E-state index in [0.717, 1.165) is 14.9 Å². The average molecular weight is 602 g/mol. The van der Waals surface area contributed by atoms with Crippen LogP contribution in [0.5, 0.6) is 0 Å². The summed E-state index contributed by atoms with van der Waals surface area (Å²) in [5.74, 6) is -1.49. The van der Waals surface area contributed by atoms with Gasteiger partial charge in [0.05, 0.1) is 22.4 Å². The molecule has 40 heavy (non-hydrogen) atoms. The van der Waals surface area contributed by atoms with Crippen LogP contribution < -0.4 is 4.90 Å². The smallest absolute Gasteiger partial charge is 0.269 e. The van der Waals surface area contributed by atoms with Gasteiger partial charge in [0.15, 0.2) is 12.1 Å². The standard InChI is InChI=1S/C27H20BrN7O5/c28-18-8-12-19(13-9-18)33-26(37)24-25(27(33)38)32(31-29-24)15-23(36)34-22(17-6-10-20(11-7-17)35(39)40)14-21(30-34)16-4-2-1-3-5-16/h1-13,22,24-25H,14-15H2/t22-,24+,25-/m0/s1. The predicted molar refractivity (Wildman–Crippen MR) is 146 cm³/mol. The molecule has 0 saturated carbocycles. The molecule has 0 bridgehead atoms. The van der Waals surface area contributed by atoms with E-state index in [2.05, 4.69) is 31.4 Å². The van der Waals surface area contributed by atoms with Gasteiger partial charge in [0, 0.05) is 23.0 Å². The largest absolute Gasteiger partial charge is 0.271 e. The molecule has 0 radical (unpaired) electrons. The maximum atomic E-state index is 13.7. The van der Waals surface area contributed by atoms with Gasteiger partial charge in [-0.15, -0.1) is 0 Å². The molecule has 0 aromatic heterocycles. The summed E-state index contributed by atoms with van der Waals surface area (Å²) in [6.45, 7) is -0.340. The third-order valence-corrected chi connectivity index (χ3v) is 7.53. The molecule has 6 rings (SSSR count). The summed E-state index contributed by atoms with van der Waals surface area (Å²) in [6, 6.07) is 19.5. The van der Waals surface area contributed by atoms with Crippen molar-refractivity contribution in [2.75, 3.05) is 11.4 Å². The second-order valence-electron chi connectivity index (χ2n) is 9.40. The van der Waals surface area contributed by atoms with Crippen molar-refractivity contribution >= 4 is 50.7 Å². The lowest BCUT2D eigenvalue weighted by atomic mass is 9.98. The van der Waals surface area contributed by atoms with Crippen LogP contribution in [0.25, 0.3) is 0 Å².